The van der Waals surface area contributed by atoms with E-state index in [9.17, 15) is 23.8 Å². The van der Waals surface area contributed by atoms with Gasteiger partial charge in [0.2, 0.25) is 0 Å². The lowest BCUT2D eigenvalue weighted by Gasteiger charge is -2.20. The molecular formula is C44H76NO10P. The summed E-state index contributed by atoms with van der Waals surface area (Å²) in [6, 6.07) is -1.54. The standard InChI is InChI=1S/C44H76NO10P/c1-3-5-7-9-11-13-15-17-19-20-22-24-26-28-30-32-34-36-43(47)55-40(38-53-56(50,51)54-39-41(45)44(48)49)37-52-42(46)35-33-31-29-27-25-23-21-18-16-14-12-10-8-6-4-2/h11,13,17,19,22,24,29,31,33,35,40-41H,3-10,12,14-16,18,20-21,23,25-28,30,32,34,36-39,45H2,1-2H3,(H,48,49)(H,50,51)/b13-11+,19-17+,24-22+,31-29+,35-33+/t40-,41+/m1/s1. The van der Waals surface area contributed by atoms with Gasteiger partial charge in [0.1, 0.15) is 12.6 Å². The van der Waals surface area contributed by atoms with Crippen LogP contribution in [0.15, 0.2) is 60.8 Å². The van der Waals surface area contributed by atoms with Gasteiger partial charge in [-0.25, -0.2) is 9.36 Å². The first-order chi connectivity index (χ1) is 27.1. The Kier molecular flexibility index (Phi) is 37.1. The Labute approximate surface area is 338 Å². The fraction of sp³-hybridized carbons (Fsp3) is 0.705. The van der Waals surface area contributed by atoms with E-state index in [2.05, 4.69) is 54.8 Å². The molecule has 0 aromatic heterocycles. The molecule has 0 heterocycles. The molecule has 0 aliphatic heterocycles. The van der Waals surface area contributed by atoms with Crippen molar-refractivity contribution in [3.63, 3.8) is 0 Å². The molecule has 0 amide bonds. The predicted molar refractivity (Wildman–Crippen MR) is 226 cm³/mol. The molecule has 4 N–H and O–H groups in total. The van der Waals surface area contributed by atoms with Crippen LogP contribution in [0.5, 0.6) is 0 Å². The van der Waals surface area contributed by atoms with E-state index in [1.165, 1.54) is 89.5 Å². The highest BCUT2D eigenvalue weighted by Crippen LogP contribution is 2.43. The molecule has 0 aromatic rings. The number of carboxylic acid groups (broad SMARTS) is 1. The summed E-state index contributed by atoms with van der Waals surface area (Å²) in [6.07, 6.45) is 44.9. The number of carboxylic acids is 1. The summed E-state index contributed by atoms with van der Waals surface area (Å²) in [4.78, 5) is 45.8. The second kappa shape index (κ2) is 39.0. The number of ether oxygens (including phenoxy) is 2. The zero-order chi connectivity index (χ0) is 41.4. The number of phosphoric ester groups is 1. The van der Waals surface area contributed by atoms with Gasteiger partial charge < -0.3 is 25.2 Å². The number of hydrogen-bond acceptors (Lipinski definition) is 9. The molecule has 11 nitrogen and oxygen atoms in total. The highest BCUT2D eigenvalue weighted by atomic mass is 31.2. The SMILES string of the molecule is CCCCC/C=C/C/C=C/C/C=C/CCCCCCC(=O)O[C@H](COC(=O)/C=C/C=C/CCCCCCCCCCCCC)COP(=O)(O)OC[C@H](N)C(=O)O. The van der Waals surface area contributed by atoms with Gasteiger partial charge in [0, 0.05) is 12.5 Å². The lowest BCUT2D eigenvalue weighted by molar-refractivity contribution is -0.159. The summed E-state index contributed by atoms with van der Waals surface area (Å²) in [7, 11) is -4.74. The summed E-state index contributed by atoms with van der Waals surface area (Å²) >= 11 is 0. The van der Waals surface area contributed by atoms with E-state index in [1.807, 2.05) is 6.08 Å². The van der Waals surface area contributed by atoms with Gasteiger partial charge >= 0.3 is 25.7 Å². The van der Waals surface area contributed by atoms with E-state index < -0.39 is 57.7 Å². The zero-order valence-corrected chi connectivity index (χ0v) is 35.6. The first kappa shape index (κ1) is 53.2. The van der Waals surface area contributed by atoms with Gasteiger partial charge in [-0.15, -0.1) is 0 Å². The van der Waals surface area contributed by atoms with E-state index in [0.29, 0.717) is 6.42 Å². The average molecular weight is 810 g/mol. The van der Waals surface area contributed by atoms with E-state index >= 15 is 0 Å². The Morgan fingerprint density at radius 2 is 1.07 bits per heavy atom. The summed E-state index contributed by atoms with van der Waals surface area (Å²) < 4.78 is 32.5. The van der Waals surface area contributed by atoms with E-state index in [0.717, 1.165) is 57.8 Å². The Bertz CT molecular complexity index is 1180. The fourth-order valence-electron chi connectivity index (χ4n) is 5.45. The number of rotatable bonds is 39. The minimum Gasteiger partial charge on any atom is -0.480 e. The Morgan fingerprint density at radius 1 is 0.607 bits per heavy atom. The topological polar surface area (TPSA) is 172 Å². The van der Waals surface area contributed by atoms with Crippen LogP contribution < -0.4 is 5.73 Å². The molecule has 0 spiro atoms. The van der Waals surface area contributed by atoms with Gasteiger partial charge in [-0.2, -0.15) is 0 Å². The molecule has 0 radical (unpaired) electrons. The molecule has 0 aliphatic rings. The van der Waals surface area contributed by atoms with Crippen molar-refractivity contribution >= 4 is 25.7 Å². The van der Waals surface area contributed by atoms with Crippen LogP contribution in [0.4, 0.5) is 0 Å². The van der Waals surface area contributed by atoms with E-state index in [1.54, 1.807) is 12.2 Å². The Balaban J connectivity index is 4.53. The maximum Gasteiger partial charge on any atom is 0.472 e. The number of allylic oxidation sites excluding steroid dienone is 9. The van der Waals surface area contributed by atoms with Crippen LogP contribution in [-0.4, -0.2) is 59.9 Å². The van der Waals surface area contributed by atoms with E-state index in [4.69, 9.17) is 24.8 Å². The van der Waals surface area contributed by atoms with Crippen LogP contribution >= 0.6 is 7.82 Å². The van der Waals surface area contributed by atoms with Crippen LogP contribution in [0, 0.1) is 0 Å². The minimum absolute atomic E-state index is 0.114. The number of esters is 2. The average Bonchev–Trinajstić information content (AvgIpc) is 3.17. The summed E-state index contributed by atoms with van der Waals surface area (Å²) in [6.45, 7) is 2.62. The molecule has 0 rings (SSSR count). The van der Waals surface area contributed by atoms with Crippen molar-refractivity contribution in [3.8, 4) is 0 Å². The molecule has 0 fully saturated rings. The van der Waals surface area contributed by atoms with Crippen molar-refractivity contribution in [3.05, 3.63) is 60.8 Å². The van der Waals surface area contributed by atoms with Gasteiger partial charge in [0.15, 0.2) is 6.10 Å². The van der Waals surface area contributed by atoms with Gasteiger partial charge in [-0.3, -0.25) is 18.6 Å². The largest absolute Gasteiger partial charge is 0.480 e. The number of carbonyl (C=O) groups is 3. The monoisotopic (exact) mass is 810 g/mol. The normalized spacial score (nSPS) is 14.4. The van der Waals surface area contributed by atoms with Gasteiger partial charge in [0.25, 0.3) is 0 Å². The third-order valence-corrected chi connectivity index (χ3v) is 9.79. The van der Waals surface area contributed by atoms with Crippen LogP contribution in [-0.2, 0) is 37.5 Å². The number of phosphoric acid groups is 1. The first-order valence-corrected chi connectivity index (χ1v) is 22.9. The van der Waals surface area contributed by atoms with Crippen molar-refractivity contribution < 1.29 is 47.5 Å². The molecular weight excluding hydrogens is 733 g/mol. The number of aliphatic carboxylic acids is 1. The molecule has 0 bridgehead atoms. The number of nitrogens with two attached hydrogens (primary N) is 1. The van der Waals surface area contributed by atoms with Crippen LogP contribution in [0.2, 0.25) is 0 Å². The third kappa shape index (κ3) is 38.1. The third-order valence-electron chi connectivity index (χ3n) is 8.84. The van der Waals surface area contributed by atoms with Crippen molar-refractivity contribution in [2.75, 3.05) is 19.8 Å². The zero-order valence-electron chi connectivity index (χ0n) is 34.7. The highest BCUT2D eigenvalue weighted by molar-refractivity contribution is 7.47. The molecule has 56 heavy (non-hydrogen) atoms. The quantitative estimate of drug-likeness (QED) is 0.0135. The van der Waals surface area contributed by atoms with Crippen LogP contribution in [0.25, 0.3) is 0 Å². The van der Waals surface area contributed by atoms with E-state index in [-0.39, 0.29) is 6.42 Å². The minimum atomic E-state index is -4.74. The molecule has 0 aromatic carbocycles. The maximum atomic E-state index is 12.6. The van der Waals surface area contributed by atoms with Crippen molar-refractivity contribution in [1.82, 2.24) is 0 Å². The number of unbranched alkanes of at least 4 members (excludes halogenated alkanes) is 18. The maximum absolute atomic E-state index is 12.6. The lowest BCUT2D eigenvalue weighted by Crippen LogP contribution is -2.34. The van der Waals surface area contributed by atoms with Crippen LogP contribution in [0.1, 0.15) is 168 Å². The van der Waals surface area contributed by atoms with Crippen molar-refractivity contribution in [1.29, 1.82) is 0 Å². The second-order valence-corrected chi connectivity index (χ2v) is 15.6. The molecule has 322 valence electrons. The lowest BCUT2D eigenvalue weighted by atomic mass is 10.1. The smallest absolute Gasteiger partial charge is 0.472 e. The van der Waals surface area contributed by atoms with Gasteiger partial charge in [-0.1, -0.05) is 158 Å². The number of carbonyl (C=O) groups excluding carboxylic acids is 2. The molecule has 3 atom stereocenters. The predicted octanol–water partition coefficient (Wildman–Crippen LogP) is 11.2. The molecule has 0 saturated carbocycles. The summed E-state index contributed by atoms with van der Waals surface area (Å²) in [5.41, 5.74) is 5.32. The van der Waals surface area contributed by atoms with Crippen molar-refractivity contribution in [2.45, 2.75) is 180 Å². The summed E-state index contributed by atoms with van der Waals surface area (Å²) in [5, 5.41) is 8.88. The number of hydrogen-bond donors (Lipinski definition) is 3. The fourth-order valence-corrected chi connectivity index (χ4v) is 6.23. The van der Waals surface area contributed by atoms with Gasteiger partial charge in [0.05, 0.1) is 13.2 Å². The molecule has 0 saturated heterocycles. The summed E-state index contributed by atoms with van der Waals surface area (Å²) in [5.74, 6) is -2.67. The molecule has 1 unspecified atom stereocenters. The van der Waals surface area contributed by atoms with Crippen molar-refractivity contribution in [2.24, 2.45) is 5.73 Å². The van der Waals surface area contributed by atoms with Gasteiger partial charge in [-0.05, 0) is 57.8 Å². The second-order valence-electron chi connectivity index (χ2n) is 14.2. The Morgan fingerprint density at radius 3 is 1.64 bits per heavy atom. The first-order valence-electron chi connectivity index (χ1n) is 21.4. The van der Waals surface area contributed by atoms with Crippen LogP contribution in [0.3, 0.4) is 0 Å². The molecule has 0 aliphatic carbocycles. The Hall–Kier alpha value is -2.82. The molecule has 12 heteroatoms. The highest BCUT2D eigenvalue weighted by Gasteiger charge is 2.28.